The molecule has 1 aliphatic carbocycles. The van der Waals surface area contributed by atoms with E-state index in [0.717, 1.165) is 35.7 Å². The Bertz CT molecular complexity index is 1070. The molecule has 0 saturated heterocycles. The van der Waals surface area contributed by atoms with E-state index >= 15 is 0 Å². The van der Waals surface area contributed by atoms with Crippen molar-refractivity contribution >= 4 is 21.8 Å². The fraction of sp³-hybridized carbons (Fsp3) is 0.333. The van der Waals surface area contributed by atoms with Crippen LogP contribution in [-0.2, 0) is 11.3 Å². The minimum absolute atomic E-state index is 0.0319. The number of aromatic nitrogens is 3. The van der Waals surface area contributed by atoms with E-state index in [-0.39, 0.29) is 24.1 Å². The lowest BCUT2D eigenvalue weighted by Crippen LogP contribution is -2.39. The third-order valence-electron chi connectivity index (χ3n) is 5.02. The molecule has 0 aliphatic heterocycles. The molecular weight excluding hydrogens is 436 g/mol. The molecule has 8 heteroatoms. The number of hydrogen-bond acceptors (Lipinski definition) is 5. The highest BCUT2D eigenvalue weighted by atomic mass is 79.9. The van der Waals surface area contributed by atoms with Crippen molar-refractivity contribution in [2.75, 3.05) is 0 Å². The molecule has 0 atom stereocenters. The lowest BCUT2D eigenvalue weighted by Gasteiger charge is -2.22. The van der Waals surface area contributed by atoms with E-state index in [9.17, 15) is 9.59 Å². The van der Waals surface area contributed by atoms with E-state index in [1.165, 1.54) is 17.1 Å². The number of hydrogen-bond donors (Lipinski definition) is 1. The van der Waals surface area contributed by atoms with Crippen LogP contribution in [0.1, 0.15) is 32.1 Å². The average Bonchev–Trinajstić information content (AvgIpc) is 3.21. The Hall–Kier alpha value is -2.74. The van der Waals surface area contributed by atoms with E-state index in [1.807, 2.05) is 24.3 Å². The topological polar surface area (TPSA) is 90.0 Å². The fourth-order valence-corrected chi connectivity index (χ4v) is 3.94. The van der Waals surface area contributed by atoms with E-state index in [0.29, 0.717) is 17.3 Å². The van der Waals surface area contributed by atoms with Gasteiger partial charge in [-0.3, -0.25) is 9.59 Å². The van der Waals surface area contributed by atoms with Crippen LogP contribution in [0.25, 0.3) is 22.8 Å². The van der Waals surface area contributed by atoms with Crippen LogP contribution in [0.2, 0.25) is 0 Å². The highest BCUT2D eigenvalue weighted by molar-refractivity contribution is 9.10. The molecule has 0 unspecified atom stereocenters. The van der Waals surface area contributed by atoms with Gasteiger partial charge in [0, 0.05) is 28.3 Å². The Labute approximate surface area is 176 Å². The molecule has 1 aliphatic rings. The van der Waals surface area contributed by atoms with Gasteiger partial charge in [0.05, 0.1) is 5.56 Å². The van der Waals surface area contributed by atoms with Crippen LogP contribution < -0.4 is 10.9 Å². The van der Waals surface area contributed by atoms with Crippen LogP contribution in [0.3, 0.4) is 0 Å². The minimum atomic E-state index is -0.251. The van der Waals surface area contributed by atoms with Gasteiger partial charge in [-0.05, 0) is 31.0 Å². The number of benzene rings is 1. The summed E-state index contributed by atoms with van der Waals surface area (Å²) in [7, 11) is 0. The first kappa shape index (κ1) is 19.6. The maximum atomic E-state index is 12.4. The maximum Gasteiger partial charge on any atom is 0.259 e. The van der Waals surface area contributed by atoms with Crippen LogP contribution in [0, 0.1) is 0 Å². The summed E-state index contributed by atoms with van der Waals surface area (Å²) < 4.78 is 7.66. The van der Waals surface area contributed by atoms with Gasteiger partial charge in [-0.15, -0.1) is 0 Å². The second kappa shape index (κ2) is 8.73. The number of amides is 1. The fourth-order valence-electron chi connectivity index (χ4n) is 3.54. The molecule has 0 bridgehead atoms. The molecule has 0 spiro atoms. The molecule has 2 aromatic heterocycles. The zero-order valence-electron chi connectivity index (χ0n) is 15.8. The average molecular weight is 457 g/mol. The summed E-state index contributed by atoms with van der Waals surface area (Å²) in [5.74, 6) is 0.590. The van der Waals surface area contributed by atoms with Crippen molar-refractivity contribution in [3.05, 3.63) is 57.4 Å². The Kier molecular flexibility index (Phi) is 5.89. The maximum absolute atomic E-state index is 12.4. The van der Waals surface area contributed by atoms with Gasteiger partial charge in [0.15, 0.2) is 0 Å². The standard InChI is InChI=1S/C21H21BrN4O3/c22-16-6-4-5-14(11-16)20-24-21(29-25-20)15-9-10-19(28)26(12-15)13-18(27)23-17-7-2-1-3-8-17/h4-6,9-12,17H,1-3,7-8,13H2,(H,23,27). The van der Waals surface area contributed by atoms with Gasteiger partial charge in [0.2, 0.25) is 11.7 Å². The smallest absolute Gasteiger partial charge is 0.259 e. The van der Waals surface area contributed by atoms with Crippen molar-refractivity contribution in [2.45, 2.75) is 44.7 Å². The van der Waals surface area contributed by atoms with E-state index in [1.54, 1.807) is 12.3 Å². The van der Waals surface area contributed by atoms with Crippen LogP contribution in [0.4, 0.5) is 0 Å². The molecule has 2 heterocycles. The molecular formula is C21H21BrN4O3. The molecule has 1 aromatic carbocycles. The molecule has 3 aromatic rings. The van der Waals surface area contributed by atoms with Crippen molar-refractivity contribution in [1.82, 2.24) is 20.0 Å². The largest absolute Gasteiger partial charge is 0.352 e. The van der Waals surface area contributed by atoms with Gasteiger partial charge in [-0.25, -0.2) is 0 Å². The summed E-state index contributed by atoms with van der Waals surface area (Å²) in [5.41, 5.74) is 1.15. The Morgan fingerprint density at radius 1 is 1.17 bits per heavy atom. The second-order valence-electron chi connectivity index (χ2n) is 7.22. The third kappa shape index (κ3) is 4.82. The first-order chi connectivity index (χ1) is 14.1. The summed E-state index contributed by atoms with van der Waals surface area (Å²) in [6, 6.07) is 10.8. The minimum Gasteiger partial charge on any atom is -0.352 e. The quantitative estimate of drug-likeness (QED) is 0.630. The Morgan fingerprint density at radius 3 is 2.79 bits per heavy atom. The van der Waals surface area contributed by atoms with Gasteiger partial charge in [-0.1, -0.05) is 52.5 Å². The van der Waals surface area contributed by atoms with Crippen LogP contribution in [0.5, 0.6) is 0 Å². The van der Waals surface area contributed by atoms with Crippen molar-refractivity contribution in [2.24, 2.45) is 0 Å². The molecule has 1 saturated carbocycles. The van der Waals surface area contributed by atoms with Gasteiger partial charge in [-0.2, -0.15) is 4.98 Å². The van der Waals surface area contributed by atoms with Crippen LogP contribution >= 0.6 is 15.9 Å². The van der Waals surface area contributed by atoms with Gasteiger partial charge >= 0.3 is 0 Å². The summed E-state index contributed by atoms with van der Waals surface area (Å²) in [6.45, 7) is -0.0319. The lowest BCUT2D eigenvalue weighted by atomic mass is 9.95. The molecule has 1 fully saturated rings. The zero-order chi connectivity index (χ0) is 20.2. The molecule has 150 valence electrons. The van der Waals surface area contributed by atoms with Crippen LogP contribution in [0.15, 0.2) is 56.4 Å². The molecule has 4 rings (SSSR count). The summed E-state index contributed by atoms with van der Waals surface area (Å²) in [6.07, 6.45) is 7.08. The first-order valence-electron chi connectivity index (χ1n) is 9.68. The van der Waals surface area contributed by atoms with Gasteiger partial charge < -0.3 is 14.4 Å². The van der Waals surface area contributed by atoms with Crippen molar-refractivity contribution in [3.8, 4) is 22.8 Å². The molecule has 1 N–H and O–H groups in total. The Balaban J connectivity index is 1.51. The summed E-state index contributed by atoms with van der Waals surface area (Å²) in [4.78, 5) is 29.0. The van der Waals surface area contributed by atoms with Gasteiger partial charge in [0.1, 0.15) is 6.54 Å². The SMILES string of the molecule is O=C(Cn1cc(-c2nc(-c3cccc(Br)c3)no2)ccc1=O)NC1CCCCC1. The number of pyridine rings is 1. The number of carbonyl (C=O) groups excluding carboxylic acids is 1. The van der Waals surface area contributed by atoms with E-state index in [2.05, 4.69) is 31.4 Å². The van der Waals surface area contributed by atoms with Crippen molar-refractivity contribution in [1.29, 1.82) is 0 Å². The predicted octanol–water partition coefficient (Wildman–Crippen LogP) is 3.78. The lowest BCUT2D eigenvalue weighted by molar-refractivity contribution is -0.122. The molecule has 7 nitrogen and oxygen atoms in total. The number of rotatable bonds is 5. The highest BCUT2D eigenvalue weighted by Gasteiger charge is 2.17. The van der Waals surface area contributed by atoms with E-state index < -0.39 is 0 Å². The summed E-state index contributed by atoms with van der Waals surface area (Å²) >= 11 is 3.42. The normalized spacial score (nSPS) is 14.7. The van der Waals surface area contributed by atoms with Crippen molar-refractivity contribution in [3.63, 3.8) is 0 Å². The summed E-state index contributed by atoms with van der Waals surface area (Å²) in [5, 5.41) is 7.05. The number of nitrogens with one attached hydrogen (secondary N) is 1. The second-order valence-corrected chi connectivity index (χ2v) is 8.14. The number of nitrogens with zero attached hydrogens (tertiary/aromatic N) is 3. The third-order valence-corrected chi connectivity index (χ3v) is 5.52. The van der Waals surface area contributed by atoms with E-state index in [4.69, 9.17) is 4.52 Å². The zero-order valence-corrected chi connectivity index (χ0v) is 17.4. The first-order valence-corrected chi connectivity index (χ1v) is 10.5. The number of halogens is 1. The monoisotopic (exact) mass is 456 g/mol. The molecule has 0 radical (unpaired) electrons. The number of carbonyl (C=O) groups is 1. The molecule has 1 amide bonds. The van der Waals surface area contributed by atoms with Crippen molar-refractivity contribution < 1.29 is 9.32 Å². The highest BCUT2D eigenvalue weighted by Crippen LogP contribution is 2.24. The van der Waals surface area contributed by atoms with Crippen LogP contribution in [-0.4, -0.2) is 26.7 Å². The predicted molar refractivity (Wildman–Crippen MR) is 112 cm³/mol. The molecule has 29 heavy (non-hydrogen) atoms. The van der Waals surface area contributed by atoms with Gasteiger partial charge in [0.25, 0.3) is 11.4 Å². The Morgan fingerprint density at radius 2 is 2.00 bits per heavy atom.